The molecule has 2 N–H and O–H groups in total. The summed E-state index contributed by atoms with van der Waals surface area (Å²) in [7, 11) is -0.709. The van der Waals surface area contributed by atoms with Gasteiger partial charge in [0.1, 0.15) is 12.4 Å². The van der Waals surface area contributed by atoms with Crippen molar-refractivity contribution in [2.45, 2.75) is 57.2 Å². The van der Waals surface area contributed by atoms with Gasteiger partial charge >= 0.3 is 0 Å². The summed E-state index contributed by atoms with van der Waals surface area (Å²) in [4.78, 5) is 4.73. The highest BCUT2D eigenvalue weighted by molar-refractivity contribution is 14.0. The van der Waals surface area contributed by atoms with Gasteiger partial charge in [0.2, 0.25) is 0 Å². The molecule has 0 heterocycles. The molecule has 0 amide bonds. The molecule has 3 atom stereocenters. The maximum Gasteiger partial charge on any atom is 0.191 e. The van der Waals surface area contributed by atoms with Gasteiger partial charge in [0.25, 0.3) is 0 Å². The number of guanidine groups is 1. The van der Waals surface area contributed by atoms with Crippen molar-refractivity contribution in [2.24, 2.45) is 4.99 Å². The molecule has 0 spiro atoms. The smallest absolute Gasteiger partial charge is 0.191 e. The van der Waals surface area contributed by atoms with Gasteiger partial charge in [-0.1, -0.05) is 31.4 Å². The predicted octanol–water partition coefficient (Wildman–Crippen LogP) is 3.49. The fraction of sp³-hybridized carbons (Fsp3) is 0.591. The van der Waals surface area contributed by atoms with E-state index in [9.17, 15) is 4.21 Å². The van der Waals surface area contributed by atoms with Gasteiger partial charge in [0.15, 0.2) is 5.96 Å². The Morgan fingerprint density at radius 3 is 2.72 bits per heavy atom. The van der Waals surface area contributed by atoms with Crippen LogP contribution in [0.15, 0.2) is 29.3 Å². The minimum atomic E-state index is -0.709. The quantitative estimate of drug-likeness (QED) is 0.222. The molecule has 0 radical (unpaired) electrons. The second-order valence-corrected chi connectivity index (χ2v) is 8.95. The Balaban J connectivity index is 0.00000420. The van der Waals surface area contributed by atoms with Crippen molar-refractivity contribution in [1.82, 2.24) is 10.6 Å². The van der Waals surface area contributed by atoms with Gasteiger partial charge in [-0.05, 0) is 50.3 Å². The molecule has 0 saturated heterocycles. The summed E-state index contributed by atoms with van der Waals surface area (Å²) in [5.74, 6) is 4.85. The molecular weight excluding hydrogens is 497 g/mol. The number of hydrogen-bond donors (Lipinski definition) is 2. The molecule has 1 aliphatic carbocycles. The molecule has 2 rings (SSSR count). The number of nitrogens with one attached hydrogen (secondary N) is 2. The summed E-state index contributed by atoms with van der Waals surface area (Å²) in [5.41, 5.74) is 1.21. The Hall–Kier alpha value is -1.27. The van der Waals surface area contributed by atoms with E-state index in [1.165, 1.54) is 5.56 Å². The van der Waals surface area contributed by atoms with Crippen molar-refractivity contribution in [3.8, 4) is 18.1 Å². The zero-order valence-corrected chi connectivity index (χ0v) is 20.6. The highest BCUT2D eigenvalue weighted by atomic mass is 127. The summed E-state index contributed by atoms with van der Waals surface area (Å²) in [6.07, 6.45) is 10.3. The molecule has 7 heteroatoms. The van der Waals surface area contributed by atoms with E-state index < -0.39 is 10.8 Å². The lowest BCUT2D eigenvalue weighted by atomic mass is 9.95. The number of rotatable bonds is 9. The molecule has 5 nitrogen and oxygen atoms in total. The molecule has 1 fully saturated rings. The lowest BCUT2D eigenvalue weighted by molar-refractivity contribution is 0.370. The van der Waals surface area contributed by atoms with E-state index in [-0.39, 0.29) is 30.6 Å². The van der Waals surface area contributed by atoms with E-state index in [0.717, 1.165) is 56.1 Å². The van der Waals surface area contributed by atoms with Crippen LogP contribution in [0.2, 0.25) is 0 Å². The number of benzene rings is 1. The van der Waals surface area contributed by atoms with E-state index in [0.29, 0.717) is 17.8 Å². The van der Waals surface area contributed by atoms with Crippen molar-refractivity contribution in [1.29, 1.82) is 0 Å². The number of aliphatic imine (C=N–C) groups is 1. The Labute approximate surface area is 195 Å². The average molecular weight is 532 g/mol. The first-order valence-corrected chi connectivity index (χ1v) is 11.6. The molecule has 162 valence electrons. The van der Waals surface area contributed by atoms with Gasteiger partial charge in [-0.25, -0.2) is 0 Å². The number of hydrogen-bond acceptors (Lipinski definition) is 3. The topological polar surface area (TPSA) is 62.7 Å². The third kappa shape index (κ3) is 9.39. The number of ether oxygens (including phenoxy) is 1. The highest BCUT2D eigenvalue weighted by Crippen LogP contribution is 2.23. The molecule has 0 aliphatic heterocycles. The lowest BCUT2D eigenvalue weighted by Crippen LogP contribution is -2.46. The van der Waals surface area contributed by atoms with E-state index >= 15 is 0 Å². The molecule has 1 aromatic carbocycles. The van der Waals surface area contributed by atoms with Crippen LogP contribution in [0.25, 0.3) is 0 Å². The van der Waals surface area contributed by atoms with Crippen LogP contribution < -0.4 is 15.4 Å². The van der Waals surface area contributed by atoms with Crippen molar-refractivity contribution in [3.63, 3.8) is 0 Å². The first kappa shape index (κ1) is 25.8. The van der Waals surface area contributed by atoms with Crippen molar-refractivity contribution < 1.29 is 8.95 Å². The van der Waals surface area contributed by atoms with Crippen LogP contribution in [0.3, 0.4) is 0 Å². The highest BCUT2D eigenvalue weighted by Gasteiger charge is 2.25. The van der Waals surface area contributed by atoms with Crippen LogP contribution in [-0.4, -0.2) is 46.9 Å². The van der Waals surface area contributed by atoms with Crippen LogP contribution in [0, 0.1) is 12.3 Å². The zero-order valence-electron chi connectivity index (χ0n) is 17.5. The van der Waals surface area contributed by atoms with E-state index in [4.69, 9.17) is 16.2 Å². The first-order chi connectivity index (χ1) is 13.7. The number of halogens is 1. The zero-order chi connectivity index (χ0) is 20.2. The molecule has 0 bridgehead atoms. The minimum absolute atomic E-state index is 0. The van der Waals surface area contributed by atoms with Crippen molar-refractivity contribution >= 4 is 40.7 Å². The lowest BCUT2D eigenvalue weighted by Gasteiger charge is -2.30. The van der Waals surface area contributed by atoms with Crippen LogP contribution in [0.4, 0.5) is 0 Å². The normalized spacial score (nSPS) is 20.1. The van der Waals surface area contributed by atoms with E-state index in [2.05, 4.69) is 23.5 Å². The third-order valence-corrected chi connectivity index (χ3v) is 6.62. The Morgan fingerprint density at radius 2 is 2.07 bits per heavy atom. The molecule has 0 aromatic heterocycles. The van der Waals surface area contributed by atoms with Crippen molar-refractivity contribution in [2.75, 3.05) is 25.4 Å². The van der Waals surface area contributed by atoms with Gasteiger partial charge in [-0.3, -0.25) is 9.20 Å². The molecular formula is C22H34IN3O2S. The number of nitrogens with zero attached hydrogens (tertiary/aromatic N) is 1. The monoisotopic (exact) mass is 531 g/mol. The Kier molecular flexibility index (Phi) is 13.0. The maximum absolute atomic E-state index is 12.2. The summed E-state index contributed by atoms with van der Waals surface area (Å²) in [6.45, 7) is 5.89. The second kappa shape index (κ2) is 14.7. The van der Waals surface area contributed by atoms with Crippen LogP contribution in [-0.2, 0) is 17.2 Å². The maximum atomic E-state index is 12.2. The van der Waals surface area contributed by atoms with Gasteiger partial charge in [-0.2, -0.15) is 0 Å². The fourth-order valence-corrected chi connectivity index (χ4v) is 4.79. The predicted molar refractivity (Wildman–Crippen MR) is 134 cm³/mol. The van der Waals surface area contributed by atoms with Crippen LogP contribution >= 0.6 is 24.0 Å². The van der Waals surface area contributed by atoms with Gasteiger partial charge in [-0.15, -0.1) is 30.4 Å². The second-order valence-electron chi connectivity index (χ2n) is 6.95. The van der Waals surface area contributed by atoms with Gasteiger partial charge < -0.3 is 15.4 Å². The fourth-order valence-electron chi connectivity index (χ4n) is 3.44. The van der Waals surface area contributed by atoms with E-state index in [1.807, 2.05) is 31.2 Å². The van der Waals surface area contributed by atoms with Gasteiger partial charge in [0, 0.05) is 40.9 Å². The summed E-state index contributed by atoms with van der Waals surface area (Å²) >= 11 is 0. The van der Waals surface area contributed by atoms with Gasteiger partial charge in [0.05, 0.1) is 0 Å². The summed E-state index contributed by atoms with van der Waals surface area (Å²) in [6, 6.07) is 8.33. The molecule has 3 unspecified atom stereocenters. The third-order valence-electron chi connectivity index (χ3n) is 4.88. The SMILES string of the molecule is C#CCOc1ccc(CCN=C(NCC)NC2CCCC(S(=O)CC)C2)cc1.I. The summed E-state index contributed by atoms with van der Waals surface area (Å²) < 4.78 is 17.6. The van der Waals surface area contributed by atoms with E-state index in [1.54, 1.807) is 0 Å². The summed E-state index contributed by atoms with van der Waals surface area (Å²) in [5, 5.41) is 7.19. The molecule has 1 aromatic rings. The average Bonchev–Trinajstić information content (AvgIpc) is 2.73. The van der Waals surface area contributed by atoms with Crippen LogP contribution in [0.1, 0.15) is 45.1 Å². The Bertz CT molecular complexity index is 688. The standard InChI is InChI=1S/C22H33N3O2S.HI/c1-4-16-27-20-12-10-18(11-13-20)14-15-24-22(23-5-2)25-19-8-7-9-21(17-19)28(26)6-3;/h1,10-13,19,21H,5-9,14-17H2,2-3H3,(H2,23,24,25);1H. The molecule has 29 heavy (non-hydrogen) atoms. The Morgan fingerprint density at radius 1 is 1.31 bits per heavy atom. The minimum Gasteiger partial charge on any atom is -0.481 e. The van der Waals surface area contributed by atoms with Crippen LogP contribution in [0.5, 0.6) is 5.75 Å². The largest absolute Gasteiger partial charge is 0.481 e. The molecule has 1 aliphatic rings. The first-order valence-electron chi connectivity index (χ1n) is 10.2. The number of terminal acetylenes is 1. The molecule has 1 saturated carbocycles. The van der Waals surface area contributed by atoms with Crippen molar-refractivity contribution in [3.05, 3.63) is 29.8 Å².